The second kappa shape index (κ2) is 12.1. The Balaban J connectivity index is 0.00000187. The molecule has 1 amide bonds. The fraction of sp³-hybridized carbons (Fsp3) is 0.391. The monoisotopic (exact) mass is 525 g/mol. The number of benzene rings is 1. The number of rotatable bonds is 9. The van der Waals surface area contributed by atoms with Gasteiger partial charge in [0.1, 0.15) is 11.5 Å². The first-order chi connectivity index (χ1) is 15.7. The first-order valence-corrected chi connectivity index (χ1v) is 11.3. The van der Waals surface area contributed by atoms with Crippen LogP contribution in [0.3, 0.4) is 0 Å². The molecule has 0 atom stereocenters. The maximum atomic E-state index is 14.4. The number of amides is 1. The van der Waals surface area contributed by atoms with Crippen LogP contribution in [0.25, 0.3) is 11.0 Å². The smallest absolute Gasteiger partial charge is 0.312 e. The number of nitrogens with zero attached hydrogens (tertiary/aromatic N) is 1. The number of carbonyl (C=O) groups is 1. The normalized spacial score (nSPS) is 11.2. The molecule has 2 aromatic heterocycles. The summed E-state index contributed by atoms with van der Waals surface area (Å²) in [6.07, 6.45) is 3.49. The van der Waals surface area contributed by atoms with Crippen molar-refractivity contribution in [3.05, 3.63) is 52.2 Å². The molecule has 3 N–H and O–H groups in total. The first-order valence-electron chi connectivity index (χ1n) is 10.5. The molecule has 0 radical (unpaired) electrons. The maximum Gasteiger partial charge on any atom is 0.312 e. The Morgan fingerprint density at radius 2 is 2.00 bits per heavy atom. The van der Waals surface area contributed by atoms with Gasteiger partial charge in [0.25, 0.3) is 0 Å². The molecule has 3 rings (SSSR count). The number of carbonyl (C=O) groups excluding carboxylic acids is 1. The minimum atomic E-state index is -1.23. The molecule has 0 aliphatic heterocycles. The van der Waals surface area contributed by atoms with E-state index >= 15 is 0 Å². The largest absolute Gasteiger partial charge is 0.447 e. The van der Waals surface area contributed by atoms with Gasteiger partial charge in [-0.1, -0.05) is 19.9 Å². The number of fused-ring (bicyclic) bond motifs is 1. The molecule has 0 unspecified atom stereocenters. The molecular weight excluding hydrogens is 497 g/mol. The van der Waals surface area contributed by atoms with Gasteiger partial charge in [0.2, 0.25) is 5.76 Å². The Morgan fingerprint density at radius 1 is 1.27 bits per heavy atom. The Labute approximate surface area is 200 Å². The van der Waals surface area contributed by atoms with Crippen LogP contribution in [0.5, 0.6) is 0 Å². The van der Waals surface area contributed by atoms with E-state index in [0.29, 0.717) is 21.9 Å². The van der Waals surface area contributed by atoms with E-state index in [4.69, 9.17) is 14.0 Å². The third-order valence-electron chi connectivity index (χ3n) is 4.15. The molecule has 3 aromatic rings. The van der Waals surface area contributed by atoms with E-state index in [1.165, 1.54) is 32.3 Å². The summed E-state index contributed by atoms with van der Waals surface area (Å²) < 4.78 is 25.8. The number of hydrogen-bond acceptors (Lipinski definition) is 7. The Hall–Kier alpha value is -2.53. The molecule has 1 aromatic carbocycles. The van der Waals surface area contributed by atoms with Crippen LogP contribution in [0.2, 0.25) is 0 Å². The number of aliphatic hydroxyl groups is 1. The summed E-state index contributed by atoms with van der Waals surface area (Å²) in [5.74, 6) is -2.44. The molecule has 0 bridgehead atoms. The number of anilines is 2. The second-order valence-electron chi connectivity index (χ2n) is 7.34. The summed E-state index contributed by atoms with van der Waals surface area (Å²) in [4.78, 5) is 22.0. The minimum Gasteiger partial charge on any atom is -0.447 e. The van der Waals surface area contributed by atoms with E-state index < -0.39 is 17.5 Å². The van der Waals surface area contributed by atoms with Crippen molar-refractivity contribution in [2.45, 2.75) is 46.8 Å². The van der Waals surface area contributed by atoms with Gasteiger partial charge >= 0.3 is 5.91 Å². The lowest BCUT2D eigenvalue weighted by molar-refractivity contribution is -0.178. The molecule has 10 heteroatoms. The number of nitrogens with one attached hydrogen (secondary N) is 2. The van der Waals surface area contributed by atoms with Crippen molar-refractivity contribution in [2.24, 2.45) is 0 Å². The predicted octanol–water partition coefficient (Wildman–Crippen LogP) is 5.60. The van der Waals surface area contributed by atoms with Crippen LogP contribution < -0.4 is 10.8 Å². The molecule has 2 heterocycles. The van der Waals surface area contributed by atoms with Gasteiger partial charge in [-0.05, 0) is 60.8 Å². The van der Waals surface area contributed by atoms with Crippen molar-refractivity contribution in [1.82, 2.24) is 10.5 Å². The molecule has 0 spiro atoms. The standard InChI is InChI=1S/C21H23BrFN3O5.C2H6/c1-12-5-6-16(15(23)9-12)25-17-13-10-24-11-14(22)18(13)31-19(17)20(27)26-30-8-4-7-29-21(2,3)28;1-2/h5-6,9-11,25,28H,4,7-8H2,1-3H3,(H,26,27);1-2H3. The van der Waals surface area contributed by atoms with E-state index in [-0.39, 0.29) is 30.3 Å². The number of ether oxygens (including phenoxy) is 1. The van der Waals surface area contributed by atoms with Crippen LogP contribution in [0.4, 0.5) is 15.8 Å². The van der Waals surface area contributed by atoms with Gasteiger partial charge in [0.05, 0.1) is 28.8 Å². The minimum absolute atomic E-state index is 0.0867. The zero-order chi connectivity index (χ0) is 24.6. The lowest BCUT2D eigenvalue weighted by Gasteiger charge is -2.17. The van der Waals surface area contributed by atoms with E-state index in [1.54, 1.807) is 19.1 Å². The number of aryl methyl sites for hydroxylation is 1. The average molecular weight is 526 g/mol. The van der Waals surface area contributed by atoms with E-state index in [1.807, 2.05) is 13.8 Å². The molecule has 0 saturated heterocycles. The van der Waals surface area contributed by atoms with E-state index in [2.05, 4.69) is 31.7 Å². The third kappa shape index (κ3) is 7.50. The van der Waals surface area contributed by atoms with Crippen molar-refractivity contribution < 1.29 is 28.3 Å². The molecule has 0 aliphatic carbocycles. The summed E-state index contributed by atoms with van der Waals surface area (Å²) in [6.45, 7) is 9.24. The van der Waals surface area contributed by atoms with Gasteiger partial charge < -0.3 is 19.6 Å². The quantitative estimate of drug-likeness (QED) is 0.189. The van der Waals surface area contributed by atoms with Gasteiger partial charge in [0, 0.05) is 12.4 Å². The SMILES string of the molecule is CC.Cc1ccc(Nc2c(C(=O)NOCCCOC(C)(C)O)oc3c(Br)cncc23)c(F)c1. The second-order valence-corrected chi connectivity index (χ2v) is 8.20. The molecule has 180 valence electrons. The number of halogens is 2. The summed E-state index contributed by atoms with van der Waals surface area (Å²) in [5.41, 5.74) is 3.91. The number of hydrogen-bond donors (Lipinski definition) is 3. The van der Waals surface area contributed by atoms with Crippen molar-refractivity contribution in [3.63, 3.8) is 0 Å². The zero-order valence-electron chi connectivity index (χ0n) is 19.3. The number of pyridine rings is 1. The van der Waals surface area contributed by atoms with Crippen molar-refractivity contribution >= 4 is 44.2 Å². The van der Waals surface area contributed by atoms with Gasteiger partial charge in [-0.25, -0.2) is 9.87 Å². The number of furan rings is 1. The van der Waals surface area contributed by atoms with E-state index in [0.717, 1.165) is 5.56 Å². The lowest BCUT2D eigenvalue weighted by atomic mass is 10.2. The summed E-state index contributed by atoms with van der Waals surface area (Å²) in [5, 5.41) is 12.9. The van der Waals surface area contributed by atoms with Crippen LogP contribution in [-0.4, -0.2) is 35.0 Å². The highest BCUT2D eigenvalue weighted by Crippen LogP contribution is 2.36. The topological polar surface area (TPSA) is 106 Å². The molecular formula is C23H29BrFN3O5. The van der Waals surface area contributed by atoms with Crippen LogP contribution in [-0.2, 0) is 9.57 Å². The van der Waals surface area contributed by atoms with Gasteiger partial charge in [-0.3, -0.25) is 14.6 Å². The van der Waals surface area contributed by atoms with Gasteiger partial charge in [-0.2, -0.15) is 0 Å². The molecule has 0 saturated carbocycles. The highest BCUT2D eigenvalue weighted by molar-refractivity contribution is 9.10. The first kappa shape index (κ1) is 26.7. The lowest BCUT2D eigenvalue weighted by Crippen LogP contribution is -2.27. The fourth-order valence-corrected chi connectivity index (χ4v) is 3.15. The van der Waals surface area contributed by atoms with Gasteiger partial charge in [-0.15, -0.1) is 0 Å². The highest BCUT2D eigenvalue weighted by Gasteiger charge is 2.23. The summed E-state index contributed by atoms with van der Waals surface area (Å²) >= 11 is 3.34. The number of aromatic nitrogens is 1. The van der Waals surface area contributed by atoms with Crippen molar-refractivity contribution in [3.8, 4) is 0 Å². The van der Waals surface area contributed by atoms with Crippen molar-refractivity contribution in [1.29, 1.82) is 0 Å². The highest BCUT2D eigenvalue weighted by atomic mass is 79.9. The summed E-state index contributed by atoms with van der Waals surface area (Å²) in [7, 11) is 0. The van der Waals surface area contributed by atoms with Crippen molar-refractivity contribution in [2.75, 3.05) is 18.5 Å². The molecule has 0 aliphatic rings. The van der Waals surface area contributed by atoms with Crippen LogP contribution in [0, 0.1) is 12.7 Å². The molecule has 8 nitrogen and oxygen atoms in total. The molecule has 0 fully saturated rings. The van der Waals surface area contributed by atoms with Gasteiger partial charge in [0.15, 0.2) is 11.4 Å². The Kier molecular flexibility index (Phi) is 9.78. The third-order valence-corrected chi connectivity index (χ3v) is 4.72. The van der Waals surface area contributed by atoms with Crippen LogP contribution >= 0.6 is 15.9 Å². The Morgan fingerprint density at radius 3 is 2.67 bits per heavy atom. The summed E-state index contributed by atoms with van der Waals surface area (Å²) in [6, 6.07) is 4.72. The maximum absolute atomic E-state index is 14.4. The number of hydroxylamine groups is 1. The van der Waals surface area contributed by atoms with Crippen LogP contribution in [0.15, 0.2) is 39.5 Å². The Bertz CT molecular complexity index is 1080. The predicted molar refractivity (Wildman–Crippen MR) is 128 cm³/mol. The average Bonchev–Trinajstić information content (AvgIpc) is 3.13. The fourth-order valence-electron chi connectivity index (χ4n) is 2.74. The van der Waals surface area contributed by atoms with E-state index in [9.17, 15) is 14.3 Å². The molecule has 33 heavy (non-hydrogen) atoms. The zero-order valence-corrected chi connectivity index (χ0v) is 20.9. The van der Waals surface area contributed by atoms with Crippen LogP contribution in [0.1, 0.15) is 50.2 Å².